The molecule has 4 heteroatoms. The van der Waals surface area contributed by atoms with E-state index in [2.05, 4.69) is 18.4 Å². The average Bonchev–Trinajstić information content (AvgIpc) is 3.24. The summed E-state index contributed by atoms with van der Waals surface area (Å²) in [7, 11) is 2.04. The number of nitrogens with zero attached hydrogens (tertiary/aromatic N) is 1. The number of unbranched alkanes of at least 4 members (excludes halogenated alkanes) is 23. The summed E-state index contributed by atoms with van der Waals surface area (Å²) in [6, 6.07) is 0. The Bertz CT molecular complexity index is 855. The number of carbonyl (C=O) groups is 2. The Labute approximate surface area is 273 Å². The third-order valence-electron chi connectivity index (χ3n) is 9.58. The minimum atomic E-state index is -0.205. The summed E-state index contributed by atoms with van der Waals surface area (Å²) in [5.74, 6) is 0.0630. The van der Waals surface area contributed by atoms with E-state index in [4.69, 9.17) is 4.74 Å². The van der Waals surface area contributed by atoms with Crippen LogP contribution in [-0.2, 0) is 29.4 Å². The van der Waals surface area contributed by atoms with Crippen LogP contribution in [0.1, 0.15) is 215 Å². The summed E-state index contributed by atoms with van der Waals surface area (Å²) in [5.41, 5.74) is 3.97. The highest BCUT2D eigenvalue weighted by atomic mass is 16.5. The Balaban J connectivity index is 2.44. The molecule has 0 atom stereocenters. The lowest BCUT2D eigenvalue weighted by Crippen LogP contribution is -2.12. The smallest absolute Gasteiger partial charge is 0.311 e. The molecular weight excluding hydrogens is 542 g/mol. The quantitative estimate of drug-likeness (QED) is 0.0474. The lowest BCUT2D eigenvalue weighted by atomic mass is 9.97. The number of ketones is 1. The van der Waals surface area contributed by atoms with Gasteiger partial charge in [-0.3, -0.25) is 9.59 Å². The van der Waals surface area contributed by atoms with Gasteiger partial charge in [0.1, 0.15) is 0 Å². The van der Waals surface area contributed by atoms with Crippen LogP contribution in [-0.4, -0.2) is 22.9 Å². The van der Waals surface area contributed by atoms with Gasteiger partial charge in [0.15, 0.2) is 5.78 Å². The van der Waals surface area contributed by atoms with Crippen molar-refractivity contribution in [3.05, 3.63) is 22.5 Å². The first kappa shape index (κ1) is 40.4. The zero-order chi connectivity index (χ0) is 32.3. The highest BCUT2D eigenvalue weighted by Crippen LogP contribution is 2.27. The molecule has 1 heterocycles. The normalized spacial score (nSPS) is 11.4. The predicted octanol–water partition coefficient (Wildman–Crippen LogP) is 12.3. The van der Waals surface area contributed by atoms with Crippen LogP contribution in [0.2, 0.25) is 0 Å². The third kappa shape index (κ3) is 18.4. The molecule has 0 aliphatic rings. The summed E-state index contributed by atoms with van der Waals surface area (Å²) >= 11 is 0. The summed E-state index contributed by atoms with van der Waals surface area (Å²) < 4.78 is 7.39. The van der Waals surface area contributed by atoms with Crippen LogP contribution in [0.3, 0.4) is 0 Å². The van der Waals surface area contributed by atoms with E-state index >= 15 is 0 Å². The van der Waals surface area contributed by atoms with Gasteiger partial charge in [-0.2, -0.15) is 0 Å². The van der Waals surface area contributed by atoms with Gasteiger partial charge < -0.3 is 9.30 Å². The van der Waals surface area contributed by atoms with Gasteiger partial charge in [0.05, 0.1) is 13.0 Å². The van der Waals surface area contributed by atoms with E-state index < -0.39 is 0 Å². The standard InChI is InChI=1S/C40H73NO3/c1-6-9-11-13-15-17-19-20-21-22-23-25-27-29-31-33-38(42)40-35(4)37(34-39(43)44-8-3)41(5)36(40)32-30-28-26-24-18-16-14-12-10-7-2/h6-34H2,1-5H3. The van der Waals surface area contributed by atoms with Crippen molar-refractivity contribution in [3.63, 3.8) is 0 Å². The molecule has 0 saturated carbocycles. The van der Waals surface area contributed by atoms with Crippen LogP contribution >= 0.6 is 0 Å². The van der Waals surface area contributed by atoms with Crippen molar-refractivity contribution in [1.29, 1.82) is 0 Å². The number of hydrogen-bond donors (Lipinski definition) is 0. The van der Waals surface area contributed by atoms with E-state index in [1.165, 1.54) is 141 Å². The fraction of sp³-hybridized carbons (Fsp3) is 0.850. The monoisotopic (exact) mass is 616 g/mol. The van der Waals surface area contributed by atoms with Gasteiger partial charge in [0, 0.05) is 30.4 Å². The minimum Gasteiger partial charge on any atom is -0.466 e. The maximum absolute atomic E-state index is 13.5. The van der Waals surface area contributed by atoms with Crippen LogP contribution in [0, 0.1) is 6.92 Å². The summed E-state index contributed by atoms with van der Waals surface area (Å²) in [5, 5.41) is 0. The number of esters is 1. The van der Waals surface area contributed by atoms with Gasteiger partial charge in [-0.25, -0.2) is 0 Å². The van der Waals surface area contributed by atoms with E-state index in [-0.39, 0.29) is 18.2 Å². The summed E-state index contributed by atoms with van der Waals surface area (Å²) in [4.78, 5) is 25.9. The second kappa shape index (κ2) is 27.7. The first-order valence-electron chi connectivity index (χ1n) is 19.3. The van der Waals surface area contributed by atoms with Crippen LogP contribution in [0.15, 0.2) is 0 Å². The van der Waals surface area contributed by atoms with Crippen molar-refractivity contribution in [2.45, 2.75) is 207 Å². The number of rotatable bonds is 31. The van der Waals surface area contributed by atoms with Crippen LogP contribution in [0.25, 0.3) is 0 Å². The maximum Gasteiger partial charge on any atom is 0.311 e. The Morgan fingerprint density at radius 3 is 1.34 bits per heavy atom. The van der Waals surface area contributed by atoms with Gasteiger partial charge >= 0.3 is 5.97 Å². The van der Waals surface area contributed by atoms with Crippen LogP contribution in [0.5, 0.6) is 0 Å². The molecule has 0 aliphatic carbocycles. The van der Waals surface area contributed by atoms with Crippen molar-refractivity contribution in [3.8, 4) is 0 Å². The molecule has 256 valence electrons. The zero-order valence-electron chi connectivity index (χ0n) is 30.2. The summed E-state index contributed by atoms with van der Waals surface area (Å²) in [6.07, 6.45) is 34.8. The molecule has 44 heavy (non-hydrogen) atoms. The predicted molar refractivity (Wildman–Crippen MR) is 190 cm³/mol. The molecular formula is C40H73NO3. The lowest BCUT2D eigenvalue weighted by molar-refractivity contribution is -0.142. The molecule has 0 radical (unpaired) electrons. The highest BCUT2D eigenvalue weighted by molar-refractivity contribution is 5.99. The minimum absolute atomic E-state index is 0.205. The van der Waals surface area contributed by atoms with Crippen LogP contribution < -0.4 is 0 Å². The van der Waals surface area contributed by atoms with E-state index in [9.17, 15) is 9.59 Å². The number of hydrogen-bond acceptors (Lipinski definition) is 3. The number of aromatic nitrogens is 1. The van der Waals surface area contributed by atoms with Gasteiger partial charge in [0.25, 0.3) is 0 Å². The zero-order valence-corrected chi connectivity index (χ0v) is 30.2. The molecule has 0 N–H and O–H groups in total. The summed E-state index contributed by atoms with van der Waals surface area (Å²) in [6.45, 7) is 8.83. The van der Waals surface area contributed by atoms with E-state index in [0.29, 0.717) is 13.0 Å². The molecule has 0 aromatic carbocycles. The van der Waals surface area contributed by atoms with Crippen molar-refractivity contribution < 1.29 is 14.3 Å². The number of carbonyl (C=O) groups excluding carboxylic acids is 2. The third-order valence-corrected chi connectivity index (χ3v) is 9.58. The fourth-order valence-electron chi connectivity index (χ4n) is 6.77. The van der Waals surface area contributed by atoms with Gasteiger partial charge in [-0.1, -0.05) is 162 Å². The number of ether oxygens (including phenoxy) is 1. The largest absolute Gasteiger partial charge is 0.466 e. The molecule has 0 saturated heterocycles. The van der Waals surface area contributed by atoms with E-state index in [0.717, 1.165) is 48.2 Å². The maximum atomic E-state index is 13.5. The Morgan fingerprint density at radius 1 is 0.545 bits per heavy atom. The highest BCUT2D eigenvalue weighted by Gasteiger charge is 2.24. The Hall–Kier alpha value is -1.58. The Morgan fingerprint density at radius 2 is 0.932 bits per heavy atom. The fourth-order valence-corrected chi connectivity index (χ4v) is 6.77. The lowest BCUT2D eigenvalue weighted by Gasteiger charge is -2.10. The topological polar surface area (TPSA) is 48.3 Å². The molecule has 0 unspecified atom stereocenters. The SMILES string of the molecule is CCCCCCCCCCCCCCCCCC(=O)c1c(C)c(CC(=O)OCC)n(C)c1CCCCCCCCCCCC. The second-order valence-electron chi connectivity index (χ2n) is 13.5. The molecule has 0 aliphatic heterocycles. The molecule has 0 fully saturated rings. The molecule has 4 nitrogen and oxygen atoms in total. The molecule has 1 rings (SSSR count). The van der Waals surface area contributed by atoms with Crippen molar-refractivity contribution >= 4 is 11.8 Å². The van der Waals surface area contributed by atoms with Gasteiger partial charge in [-0.15, -0.1) is 0 Å². The molecule has 1 aromatic heterocycles. The second-order valence-corrected chi connectivity index (χ2v) is 13.5. The van der Waals surface area contributed by atoms with E-state index in [1.807, 2.05) is 20.9 Å². The van der Waals surface area contributed by atoms with Crippen LogP contribution in [0.4, 0.5) is 0 Å². The first-order chi connectivity index (χ1) is 21.5. The van der Waals surface area contributed by atoms with Crippen molar-refractivity contribution in [2.75, 3.05) is 6.61 Å². The van der Waals surface area contributed by atoms with E-state index in [1.54, 1.807) is 0 Å². The Kier molecular flexibility index (Phi) is 25.5. The first-order valence-corrected chi connectivity index (χ1v) is 19.3. The van der Waals surface area contributed by atoms with Crippen molar-refractivity contribution in [1.82, 2.24) is 4.57 Å². The molecule has 0 amide bonds. The molecule has 1 aromatic rings. The molecule has 0 spiro atoms. The van der Waals surface area contributed by atoms with Gasteiger partial charge in [0.2, 0.25) is 0 Å². The number of Topliss-reactive ketones (excluding diaryl/α,β-unsaturated/α-hetero) is 1. The average molecular weight is 616 g/mol. The van der Waals surface area contributed by atoms with Gasteiger partial charge in [-0.05, 0) is 38.7 Å². The molecule has 0 bridgehead atoms. The van der Waals surface area contributed by atoms with Crippen molar-refractivity contribution in [2.24, 2.45) is 7.05 Å².